The van der Waals surface area contributed by atoms with Gasteiger partial charge in [-0.05, 0) is 54.1 Å². The van der Waals surface area contributed by atoms with Crippen LogP contribution in [-0.2, 0) is 11.3 Å². The highest BCUT2D eigenvalue weighted by molar-refractivity contribution is 6.04. The van der Waals surface area contributed by atoms with Crippen LogP contribution >= 0.6 is 0 Å². The van der Waals surface area contributed by atoms with E-state index < -0.39 is 5.97 Å². The first-order valence-electron chi connectivity index (χ1n) is 8.27. The van der Waals surface area contributed by atoms with Crippen LogP contribution in [0.4, 0.5) is 5.69 Å². The summed E-state index contributed by atoms with van der Waals surface area (Å²) in [4.78, 5) is 28.1. The van der Waals surface area contributed by atoms with Crippen LogP contribution in [0.5, 0.6) is 5.75 Å². The molecule has 3 aromatic rings. The molecule has 1 heterocycles. The molecule has 2 aromatic carbocycles. The lowest BCUT2D eigenvalue weighted by molar-refractivity contribution is 0.0472. The highest BCUT2D eigenvalue weighted by atomic mass is 16.5. The van der Waals surface area contributed by atoms with E-state index in [1.165, 1.54) is 12.4 Å². The number of nitrogens with zero attached hydrogens (tertiary/aromatic N) is 1. The minimum absolute atomic E-state index is 0.127. The number of amides is 1. The van der Waals surface area contributed by atoms with E-state index in [0.717, 1.165) is 11.3 Å². The average Bonchev–Trinajstić information content (AvgIpc) is 2.73. The van der Waals surface area contributed by atoms with Crippen molar-refractivity contribution >= 4 is 17.6 Å². The summed E-state index contributed by atoms with van der Waals surface area (Å²) < 4.78 is 10.3. The van der Waals surface area contributed by atoms with Crippen LogP contribution in [-0.4, -0.2) is 24.0 Å². The first-order chi connectivity index (χ1) is 13.2. The number of methoxy groups -OCH3 is 1. The van der Waals surface area contributed by atoms with Crippen molar-refractivity contribution in [3.8, 4) is 5.75 Å². The highest BCUT2D eigenvalue weighted by Gasteiger charge is 2.09. The molecule has 0 saturated carbocycles. The summed E-state index contributed by atoms with van der Waals surface area (Å²) in [5, 5.41) is 2.81. The molecular weight excluding hydrogens is 344 g/mol. The van der Waals surface area contributed by atoms with Gasteiger partial charge in [0.15, 0.2) is 0 Å². The maximum Gasteiger partial charge on any atom is 0.338 e. The lowest BCUT2D eigenvalue weighted by Crippen LogP contribution is -2.12. The molecule has 0 aliphatic heterocycles. The number of anilines is 1. The van der Waals surface area contributed by atoms with Crippen molar-refractivity contribution in [2.24, 2.45) is 0 Å². The molecule has 0 radical (unpaired) electrons. The number of aromatic nitrogens is 1. The van der Waals surface area contributed by atoms with Crippen molar-refractivity contribution in [1.29, 1.82) is 0 Å². The Balaban J connectivity index is 1.56. The van der Waals surface area contributed by atoms with Gasteiger partial charge in [0, 0.05) is 23.6 Å². The van der Waals surface area contributed by atoms with Gasteiger partial charge in [-0.3, -0.25) is 9.78 Å². The molecule has 3 rings (SSSR count). The summed E-state index contributed by atoms with van der Waals surface area (Å²) in [6, 6.07) is 17.2. The molecule has 0 spiro atoms. The van der Waals surface area contributed by atoms with E-state index in [-0.39, 0.29) is 12.5 Å². The van der Waals surface area contributed by atoms with Crippen molar-refractivity contribution in [2.45, 2.75) is 6.61 Å². The number of esters is 1. The van der Waals surface area contributed by atoms with Gasteiger partial charge >= 0.3 is 5.97 Å². The van der Waals surface area contributed by atoms with Crippen LogP contribution < -0.4 is 10.1 Å². The number of hydrogen-bond acceptors (Lipinski definition) is 5. The molecule has 1 aromatic heterocycles. The highest BCUT2D eigenvalue weighted by Crippen LogP contribution is 2.16. The third-order valence-corrected chi connectivity index (χ3v) is 3.85. The van der Waals surface area contributed by atoms with Crippen molar-refractivity contribution in [2.75, 3.05) is 12.4 Å². The lowest BCUT2D eigenvalue weighted by Gasteiger charge is -2.08. The van der Waals surface area contributed by atoms with Crippen LogP contribution in [0, 0.1) is 0 Å². The second-order valence-corrected chi connectivity index (χ2v) is 5.69. The SMILES string of the molecule is COc1ccc(NC(=O)c2ccc(COC(=O)c3ccncc3)cc2)cc1. The summed E-state index contributed by atoms with van der Waals surface area (Å²) in [5.41, 5.74) is 2.42. The van der Waals surface area contributed by atoms with E-state index in [1.54, 1.807) is 67.8 Å². The van der Waals surface area contributed by atoms with Gasteiger partial charge in [-0.1, -0.05) is 12.1 Å². The maximum atomic E-state index is 12.3. The average molecular weight is 362 g/mol. The molecule has 1 N–H and O–H groups in total. The molecule has 0 aliphatic rings. The predicted molar refractivity (Wildman–Crippen MR) is 101 cm³/mol. The fraction of sp³-hybridized carbons (Fsp3) is 0.0952. The number of nitrogens with one attached hydrogen (secondary N) is 1. The van der Waals surface area contributed by atoms with Crippen LogP contribution in [0.1, 0.15) is 26.3 Å². The Kier molecular flexibility index (Phi) is 5.79. The second-order valence-electron chi connectivity index (χ2n) is 5.69. The number of carbonyl (C=O) groups excluding carboxylic acids is 2. The monoisotopic (exact) mass is 362 g/mol. The van der Waals surface area contributed by atoms with E-state index in [9.17, 15) is 9.59 Å². The summed E-state index contributed by atoms with van der Waals surface area (Å²) in [6.07, 6.45) is 3.07. The van der Waals surface area contributed by atoms with Crippen LogP contribution in [0.25, 0.3) is 0 Å². The van der Waals surface area contributed by atoms with Crippen molar-refractivity contribution < 1.29 is 19.1 Å². The smallest absolute Gasteiger partial charge is 0.338 e. The summed E-state index contributed by atoms with van der Waals surface area (Å²) in [6.45, 7) is 0.127. The molecule has 27 heavy (non-hydrogen) atoms. The van der Waals surface area contributed by atoms with Crippen LogP contribution in [0.2, 0.25) is 0 Å². The van der Waals surface area contributed by atoms with Crippen LogP contribution in [0.3, 0.4) is 0 Å². The Bertz CT molecular complexity index is 907. The number of hydrogen-bond donors (Lipinski definition) is 1. The number of pyridine rings is 1. The Morgan fingerprint density at radius 2 is 1.56 bits per heavy atom. The zero-order chi connectivity index (χ0) is 19.1. The third-order valence-electron chi connectivity index (χ3n) is 3.85. The van der Waals surface area contributed by atoms with E-state index in [1.807, 2.05) is 0 Å². The normalized spacial score (nSPS) is 10.1. The molecule has 0 atom stereocenters. The molecule has 6 nitrogen and oxygen atoms in total. The molecule has 0 bridgehead atoms. The topological polar surface area (TPSA) is 77.5 Å². The van der Waals surface area contributed by atoms with Gasteiger partial charge in [-0.2, -0.15) is 0 Å². The lowest BCUT2D eigenvalue weighted by atomic mass is 10.1. The van der Waals surface area contributed by atoms with Gasteiger partial charge in [0.05, 0.1) is 12.7 Å². The van der Waals surface area contributed by atoms with Crippen LogP contribution in [0.15, 0.2) is 73.1 Å². The van der Waals surface area contributed by atoms with Gasteiger partial charge in [-0.15, -0.1) is 0 Å². The maximum absolute atomic E-state index is 12.3. The molecule has 0 fully saturated rings. The molecular formula is C21H18N2O4. The molecule has 6 heteroatoms. The zero-order valence-electron chi connectivity index (χ0n) is 14.7. The molecule has 0 aliphatic carbocycles. The van der Waals surface area contributed by atoms with Crippen molar-refractivity contribution in [1.82, 2.24) is 4.98 Å². The number of rotatable bonds is 6. The Morgan fingerprint density at radius 1 is 0.889 bits per heavy atom. The fourth-order valence-corrected chi connectivity index (χ4v) is 2.35. The molecule has 136 valence electrons. The molecule has 0 saturated heterocycles. The first kappa shape index (κ1) is 18.1. The van der Waals surface area contributed by atoms with Crippen molar-refractivity contribution in [3.63, 3.8) is 0 Å². The quantitative estimate of drug-likeness (QED) is 0.677. The fourth-order valence-electron chi connectivity index (χ4n) is 2.35. The van der Waals surface area contributed by atoms with Gasteiger partial charge in [-0.25, -0.2) is 4.79 Å². The molecule has 0 unspecified atom stereocenters. The van der Waals surface area contributed by atoms with Gasteiger partial charge in [0.1, 0.15) is 12.4 Å². The van der Waals surface area contributed by atoms with E-state index >= 15 is 0 Å². The Labute approximate surface area is 156 Å². The molecule has 1 amide bonds. The minimum Gasteiger partial charge on any atom is -0.497 e. The third kappa shape index (κ3) is 4.92. The minimum atomic E-state index is -0.418. The van der Waals surface area contributed by atoms with E-state index in [0.29, 0.717) is 16.8 Å². The Hall–Kier alpha value is -3.67. The Morgan fingerprint density at radius 3 is 2.19 bits per heavy atom. The number of benzene rings is 2. The summed E-state index contributed by atoms with van der Waals surface area (Å²) in [7, 11) is 1.59. The number of carbonyl (C=O) groups is 2. The van der Waals surface area contributed by atoms with Gasteiger partial charge < -0.3 is 14.8 Å². The standard InChI is InChI=1S/C21H18N2O4/c1-26-19-8-6-18(7-9-19)23-20(24)16-4-2-15(3-5-16)14-27-21(25)17-10-12-22-13-11-17/h2-13H,14H2,1H3,(H,23,24). The second kappa shape index (κ2) is 8.62. The first-order valence-corrected chi connectivity index (χ1v) is 8.27. The predicted octanol–water partition coefficient (Wildman–Crippen LogP) is 3.70. The summed E-state index contributed by atoms with van der Waals surface area (Å²) >= 11 is 0. The largest absolute Gasteiger partial charge is 0.497 e. The summed E-state index contributed by atoms with van der Waals surface area (Å²) in [5.74, 6) is 0.0814. The van der Waals surface area contributed by atoms with Gasteiger partial charge in [0.25, 0.3) is 5.91 Å². The zero-order valence-corrected chi connectivity index (χ0v) is 14.7. The van der Waals surface area contributed by atoms with Gasteiger partial charge in [0.2, 0.25) is 0 Å². The van der Waals surface area contributed by atoms with E-state index in [2.05, 4.69) is 10.3 Å². The van der Waals surface area contributed by atoms with Crippen molar-refractivity contribution in [3.05, 3.63) is 89.7 Å². The number of ether oxygens (including phenoxy) is 2. The van der Waals surface area contributed by atoms with E-state index in [4.69, 9.17) is 9.47 Å².